The highest BCUT2D eigenvalue weighted by molar-refractivity contribution is 14.1. The van der Waals surface area contributed by atoms with E-state index >= 15 is 0 Å². The van der Waals surface area contributed by atoms with Crippen molar-refractivity contribution in [2.45, 2.75) is 29.7 Å². The second-order valence-electron chi connectivity index (χ2n) is 4.34. The van der Waals surface area contributed by atoms with Gasteiger partial charge in [0.15, 0.2) is 0 Å². The van der Waals surface area contributed by atoms with Crippen LogP contribution in [0, 0.1) is 3.57 Å². The van der Waals surface area contributed by atoms with Gasteiger partial charge in [-0.1, -0.05) is 6.92 Å². The molecule has 1 aliphatic rings. The summed E-state index contributed by atoms with van der Waals surface area (Å²) in [5.74, 6) is -0.806. The lowest BCUT2D eigenvalue weighted by molar-refractivity contribution is -0.140. The maximum atomic E-state index is 12.7. The Morgan fingerprint density at radius 3 is 2.55 bits per heavy atom. The maximum absolute atomic E-state index is 12.7. The molecule has 1 aromatic carbocycles. The zero-order valence-electron chi connectivity index (χ0n) is 10.7. The van der Waals surface area contributed by atoms with Gasteiger partial charge in [-0.2, -0.15) is 4.31 Å². The van der Waals surface area contributed by atoms with Crippen molar-refractivity contribution in [2.24, 2.45) is 0 Å². The maximum Gasteiger partial charge on any atom is 0.322 e. The first kappa shape index (κ1) is 16.1. The van der Waals surface area contributed by atoms with Crippen molar-refractivity contribution in [3.8, 4) is 0 Å². The van der Waals surface area contributed by atoms with Crippen LogP contribution in [0.3, 0.4) is 0 Å². The molecule has 2 rings (SSSR count). The zero-order chi connectivity index (χ0) is 14.9. The highest BCUT2D eigenvalue weighted by Gasteiger charge is 2.45. The number of thioether (sulfide) groups is 1. The van der Waals surface area contributed by atoms with Gasteiger partial charge < -0.3 is 5.11 Å². The standard InChI is InChI=1S/C12H14INO4S2/c1-2-11-14(10(7-19-11)12(15)16)20(17,18)9-5-3-8(13)4-6-9/h3-6,10-11H,2,7H2,1H3,(H,15,16). The molecule has 20 heavy (non-hydrogen) atoms. The molecule has 1 N–H and O–H groups in total. The first-order valence-electron chi connectivity index (χ1n) is 6.01. The van der Waals surface area contributed by atoms with E-state index in [1.165, 1.54) is 23.9 Å². The molecule has 0 bridgehead atoms. The molecule has 1 aromatic rings. The van der Waals surface area contributed by atoms with Gasteiger partial charge in [-0.3, -0.25) is 4.79 Å². The lowest BCUT2D eigenvalue weighted by Crippen LogP contribution is -2.45. The Morgan fingerprint density at radius 2 is 2.05 bits per heavy atom. The molecule has 0 saturated carbocycles. The third-order valence-corrected chi connectivity index (χ3v) is 7.30. The van der Waals surface area contributed by atoms with Crippen molar-refractivity contribution in [2.75, 3.05) is 5.75 Å². The molecule has 1 fully saturated rings. The predicted molar refractivity (Wildman–Crippen MR) is 86.1 cm³/mol. The molecule has 2 unspecified atom stereocenters. The van der Waals surface area contributed by atoms with Gasteiger partial charge in [-0.15, -0.1) is 11.8 Å². The molecule has 0 amide bonds. The van der Waals surface area contributed by atoms with E-state index in [0.717, 1.165) is 7.88 Å². The van der Waals surface area contributed by atoms with Crippen molar-refractivity contribution in [1.82, 2.24) is 4.31 Å². The van der Waals surface area contributed by atoms with E-state index < -0.39 is 22.0 Å². The first-order valence-corrected chi connectivity index (χ1v) is 9.58. The molecular formula is C12H14INO4S2. The normalized spacial score (nSPS) is 23.9. The van der Waals surface area contributed by atoms with Crippen molar-refractivity contribution >= 4 is 50.3 Å². The number of carboxylic acid groups (broad SMARTS) is 1. The number of nitrogens with zero attached hydrogens (tertiary/aromatic N) is 1. The SMILES string of the molecule is CCC1SCC(C(=O)O)N1S(=O)(=O)c1ccc(I)cc1. The molecule has 110 valence electrons. The number of rotatable bonds is 4. The summed E-state index contributed by atoms with van der Waals surface area (Å²) < 4.78 is 27.4. The van der Waals surface area contributed by atoms with E-state index in [0.29, 0.717) is 6.42 Å². The molecular weight excluding hydrogens is 413 g/mol. The van der Waals surface area contributed by atoms with E-state index in [1.807, 2.05) is 6.92 Å². The minimum atomic E-state index is -3.78. The number of hydrogen-bond acceptors (Lipinski definition) is 4. The predicted octanol–water partition coefficient (Wildman–Crippen LogP) is 2.22. The van der Waals surface area contributed by atoms with Crippen LogP contribution in [0.1, 0.15) is 13.3 Å². The van der Waals surface area contributed by atoms with Crippen LogP contribution in [-0.4, -0.2) is 41.0 Å². The third-order valence-electron chi connectivity index (χ3n) is 3.06. The van der Waals surface area contributed by atoms with E-state index in [2.05, 4.69) is 22.6 Å². The van der Waals surface area contributed by atoms with Gasteiger partial charge in [-0.25, -0.2) is 8.42 Å². The molecule has 1 saturated heterocycles. The average molecular weight is 427 g/mol. The van der Waals surface area contributed by atoms with E-state index in [1.54, 1.807) is 12.1 Å². The summed E-state index contributed by atoms with van der Waals surface area (Å²) in [6.45, 7) is 1.86. The van der Waals surface area contributed by atoms with Gasteiger partial charge in [-0.05, 0) is 53.3 Å². The fourth-order valence-electron chi connectivity index (χ4n) is 2.08. The molecule has 8 heteroatoms. The van der Waals surface area contributed by atoms with Crippen LogP contribution in [0.25, 0.3) is 0 Å². The average Bonchev–Trinajstić information content (AvgIpc) is 2.84. The smallest absolute Gasteiger partial charge is 0.322 e. The van der Waals surface area contributed by atoms with Gasteiger partial charge in [0.05, 0.1) is 10.3 Å². The van der Waals surface area contributed by atoms with Gasteiger partial charge >= 0.3 is 5.97 Å². The monoisotopic (exact) mass is 427 g/mol. The van der Waals surface area contributed by atoms with Crippen molar-refractivity contribution < 1.29 is 18.3 Å². The molecule has 0 radical (unpaired) electrons. The second kappa shape index (κ2) is 6.20. The van der Waals surface area contributed by atoms with Crippen LogP contribution in [0.15, 0.2) is 29.2 Å². The summed E-state index contributed by atoms with van der Waals surface area (Å²) in [5.41, 5.74) is 0. The van der Waals surface area contributed by atoms with Crippen molar-refractivity contribution in [1.29, 1.82) is 0 Å². The topological polar surface area (TPSA) is 74.7 Å². The van der Waals surface area contributed by atoms with Gasteiger partial charge in [0, 0.05) is 9.32 Å². The molecule has 1 aliphatic heterocycles. The Balaban J connectivity index is 2.44. The van der Waals surface area contributed by atoms with Crippen molar-refractivity contribution in [3.63, 3.8) is 0 Å². The summed E-state index contributed by atoms with van der Waals surface area (Å²) in [7, 11) is -3.78. The minimum Gasteiger partial charge on any atom is -0.480 e. The highest BCUT2D eigenvalue weighted by atomic mass is 127. The van der Waals surface area contributed by atoms with Crippen molar-refractivity contribution in [3.05, 3.63) is 27.8 Å². The number of benzene rings is 1. The van der Waals surface area contributed by atoms with E-state index in [9.17, 15) is 18.3 Å². The summed E-state index contributed by atoms with van der Waals surface area (Å²) in [5, 5.41) is 8.91. The van der Waals surface area contributed by atoms with Crippen LogP contribution >= 0.6 is 34.4 Å². The zero-order valence-corrected chi connectivity index (χ0v) is 14.5. The van der Waals surface area contributed by atoms with E-state index in [-0.39, 0.29) is 16.0 Å². The Kier molecular flexibility index (Phi) is 4.98. The summed E-state index contributed by atoms with van der Waals surface area (Å²) in [6, 6.07) is 5.45. The number of hydrogen-bond donors (Lipinski definition) is 1. The van der Waals surface area contributed by atoms with E-state index in [4.69, 9.17) is 0 Å². The quantitative estimate of drug-likeness (QED) is 0.747. The Hall–Kier alpha value is -0.320. The highest BCUT2D eigenvalue weighted by Crippen LogP contribution is 2.36. The molecule has 0 spiro atoms. The summed E-state index contributed by atoms with van der Waals surface area (Å²) in [6.07, 6.45) is 0.581. The summed E-state index contributed by atoms with van der Waals surface area (Å²) >= 11 is 3.47. The fourth-order valence-corrected chi connectivity index (χ4v) is 5.97. The second-order valence-corrected chi connectivity index (χ2v) is 8.64. The number of halogens is 1. The number of carbonyl (C=O) groups is 1. The molecule has 0 aliphatic carbocycles. The fraction of sp³-hybridized carbons (Fsp3) is 0.417. The van der Waals surface area contributed by atoms with Crippen LogP contribution in [0.5, 0.6) is 0 Å². The Bertz CT molecular complexity index is 602. The number of carboxylic acids is 1. The summed E-state index contributed by atoms with van der Waals surface area (Å²) in [4.78, 5) is 11.4. The Labute approximate surface area is 135 Å². The lowest BCUT2D eigenvalue weighted by Gasteiger charge is -2.25. The number of sulfonamides is 1. The molecule has 2 atom stereocenters. The molecule has 1 heterocycles. The first-order chi connectivity index (χ1) is 9.37. The minimum absolute atomic E-state index is 0.144. The van der Waals surface area contributed by atoms with Crippen LogP contribution < -0.4 is 0 Å². The van der Waals surface area contributed by atoms with Gasteiger partial charge in [0.1, 0.15) is 6.04 Å². The largest absolute Gasteiger partial charge is 0.480 e. The number of aliphatic carboxylic acids is 1. The van der Waals surface area contributed by atoms with Gasteiger partial charge in [0.25, 0.3) is 0 Å². The third kappa shape index (κ3) is 2.97. The van der Waals surface area contributed by atoms with Crippen LogP contribution in [0.4, 0.5) is 0 Å². The van der Waals surface area contributed by atoms with Crippen LogP contribution in [0.2, 0.25) is 0 Å². The lowest BCUT2D eigenvalue weighted by atomic mass is 10.3. The molecule has 0 aromatic heterocycles. The molecule has 5 nitrogen and oxygen atoms in total. The van der Waals surface area contributed by atoms with Crippen LogP contribution in [-0.2, 0) is 14.8 Å². The Morgan fingerprint density at radius 1 is 1.45 bits per heavy atom. The van der Waals surface area contributed by atoms with Gasteiger partial charge in [0.2, 0.25) is 10.0 Å².